The standard InChI is InChI=1S/C10H10FN5O/c11-6-1-3-7(4-2-6)16-10(13)8(5-14-16)9(12)15-17/h1-5,17H,13H2,(H2,12,15). The highest BCUT2D eigenvalue weighted by molar-refractivity contribution is 6.00. The number of amidine groups is 1. The number of benzene rings is 1. The van der Waals surface area contributed by atoms with Crippen LogP contribution in [-0.4, -0.2) is 20.8 Å². The zero-order chi connectivity index (χ0) is 12.4. The summed E-state index contributed by atoms with van der Waals surface area (Å²) < 4.78 is 14.1. The topological polar surface area (TPSA) is 102 Å². The van der Waals surface area contributed by atoms with Crippen LogP contribution in [0.3, 0.4) is 0 Å². The molecular weight excluding hydrogens is 225 g/mol. The van der Waals surface area contributed by atoms with E-state index in [9.17, 15) is 4.39 Å². The molecule has 1 aromatic heterocycles. The van der Waals surface area contributed by atoms with E-state index in [2.05, 4.69) is 10.3 Å². The van der Waals surface area contributed by atoms with Gasteiger partial charge in [0, 0.05) is 0 Å². The molecule has 88 valence electrons. The molecule has 0 bridgehead atoms. The van der Waals surface area contributed by atoms with Crippen molar-refractivity contribution in [1.29, 1.82) is 0 Å². The fraction of sp³-hybridized carbons (Fsp3) is 0. The van der Waals surface area contributed by atoms with Crippen LogP contribution in [-0.2, 0) is 0 Å². The first-order valence-corrected chi connectivity index (χ1v) is 4.71. The fourth-order valence-corrected chi connectivity index (χ4v) is 1.40. The van der Waals surface area contributed by atoms with Crippen molar-refractivity contribution in [3.05, 3.63) is 41.8 Å². The van der Waals surface area contributed by atoms with Gasteiger partial charge in [0.2, 0.25) is 0 Å². The Morgan fingerprint density at radius 1 is 1.35 bits per heavy atom. The third-order valence-corrected chi connectivity index (χ3v) is 2.26. The van der Waals surface area contributed by atoms with Crippen LogP contribution in [0, 0.1) is 5.82 Å². The van der Waals surface area contributed by atoms with E-state index in [1.807, 2.05) is 0 Å². The summed E-state index contributed by atoms with van der Waals surface area (Å²) in [5, 5.41) is 15.4. The van der Waals surface area contributed by atoms with Crippen molar-refractivity contribution < 1.29 is 9.60 Å². The first-order chi connectivity index (χ1) is 8.13. The Hall–Kier alpha value is -2.57. The van der Waals surface area contributed by atoms with Crippen LogP contribution in [0.4, 0.5) is 10.2 Å². The Kier molecular flexibility index (Phi) is 2.65. The van der Waals surface area contributed by atoms with Crippen LogP contribution in [0.1, 0.15) is 5.56 Å². The predicted molar refractivity (Wildman–Crippen MR) is 60.4 cm³/mol. The molecule has 7 heteroatoms. The molecule has 0 atom stereocenters. The zero-order valence-electron chi connectivity index (χ0n) is 8.71. The summed E-state index contributed by atoms with van der Waals surface area (Å²) in [6, 6.07) is 5.63. The summed E-state index contributed by atoms with van der Waals surface area (Å²) >= 11 is 0. The maximum Gasteiger partial charge on any atom is 0.175 e. The molecule has 0 unspecified atom stereocenters. The molecule has 1 aromatic carbocycles. The van der Waals surface area contributed by atoms with Gasteiger partial charge in [-0.05, 0) is 24.3 Å². The first-order valence-electron chi connectivity index (χ1n) is 4.71. The third-order valence-electron chi connectivity index (χ3n) is 2.26. The Morgan fingerprint density at radius 3 is 2.59 bits per heavy atom. The lowest BCUT2D eigenvalue weighted by Gasteiger charge is -2.04. The maximum absolute atomic E-state index is 12.8. The van der Waals surface area contributed by atoms with E-state index in [4.69, 9.17) is 16.7 Å². The van der Waals surface area contributed by atoms with Crippen molar-refractivity contribution in [3.63, 3.8) is 0 Å². The Balaban J connectivity index is 2.47. The van der Waals surface area contributed by atoms with Gasteiger partial charge in [0.05, 0.1) is 17.4 Å². The highest BCUT2D eigenvalue weighted by Gasteiger charge is 2.12. The summed E-state index contributed by atoms with van der Waals surface area (Å²) in [6.07, 6.45) is 1.37. The van der Waals surface area contributed by atoms with Gasteiger partial charge in [0.1, 0.15) is 11.6 Å². The summed E-state index contributed by atoms with van der Waals surface area (Å²) in [6.45, 7) is 0. The molecule has 0 radical (unpaired) electrons. The molecule has 0 saturated carbocycles. The predicted octanol–water partition coefficient (Wildman–Crippen LogP) is 0.688. The van der Waals surface area contributed by atoms with Crippen molar-refractivity contribution in [2.75, 3.05) is 5.73 Å². The second kappa shape index (κ2) is 4.12. The van der Waals surface area contributed by atoms with Crippen LogP contribution >= 0.6 is 0 Å². The van der Waals surface area contributed by atoms with Crippen molar-refractivity contribution in [3.8, 4) is 5.69 Å². The van der Waals surface area contributed by atoms with Gasteiger partial charge in [0.15, 0.2) is 5.84 Å². The van der Waals surface area contributed by atoms with Gasteiger partial charge in [0.25, 0.3) is 0 Å². The molecule has 5 N–H and O–H groups in total. The average molecular weight is 235 g/mol. The van der Waals surface area contributed by atoms with E-state index in [-0.39, 0.29) is 17.5 Å². The lowest BCUT2D eigenvalue weighted by molar-refractivity contribution is 0.318. The molecule has 0 fully saturated rings. The maximum atomic E-state index is 12.8. The number of halogens is 1. The largest absolute Gasteiger partial charge is 0.409 e. The molecule has 0 spiro atoms. The second-order valence-corrected chi connectivity index (χ2v) is 3.32. The normalized spacial score (nSPS) is 11.7. The van der Waals surface area contributed by atoms with Gasteiger partial charge in [-0.2, -0.15) is 5.10 Å². The van der Waals surface area contributed by atoms with Crippen molar-refractivity contribution in [2.24, 2.45) is 10.9 Å². The number of nitrogens with two attached hydrogens (primary N) is 2. The first kappa shape index (κ1) is 10.9. The number of nitrogen functional groups attached to an aromatic ring is 1. The number of anilines is 1. The molecule has 2 rings (SSSR count). The lowest BCUT2D eigenvalue weighted by Crippen LogP contribution is -2.15. The monoisotopic (exact) mass is 235 g/mol. The van der Waals surface area contributed by atoms with Gasteiger partial charge in [-0.1, -0.05) is 5.16 Å². The Bertz CT molecular complexity index is 561. The second-order valence-electron chi connectivity index (χ2n) is 3.32. The van der Waals surface area contributed by atoms with E-state index in [1.54, 1.807) is 0 Å². The number of oxime groups is 1. The minimum absolute atomic E-state index is 0.129. The van der Waals surface area contributed by atoms with Crippen molar-refractivity contribution in [2.45, 2.75) is 0 Å². The van der Waals surface area contributed by atoms with E-state index in [1.165, 1.54) is 35.1 Å². The molecule has 0 amide bonds. The van der Waals surface area contributed by atoms with Gasteiger partial charge < -0.3 is 16.7 Å². The molecule has 0 saturated heterocycles. The molecule has 0 aliphatic heterocycles. The number of nitrogens with zero attached hydrogens (tertiary/aromatic N) is 3. The van der Waals surface area contributed by atoms with Gasteiger partial charge in [-0.25, -0.2) is 9.07 Å². The third kappa shape index (κ3) is 1.89. The van der Waals surface area contributed by atoms with Crippen LogP contribution in [0.15, 0.2) is 35.6 Å². The van der Waals surface area contributed by atoms with Crippen LogP contribution < -0.4 is 11.5 Å². The zero-order valence-corrected chi connectivity index (χ0v) is 8.71. The molecular formula is C10H10FN5O. The van der Waals surface area contributed by atoms with Crippen LogP contribution in [0.2, 0.25) is 0 Å². The van der Waals surface area contributed by atoms with Crippen molar-refractivity contribution in [1.82, 2.24) is 9.78 Å². The summed E-state index contributed by atoms with van der Waals surface area (Å²) in [5.41, 5.74) is 12.1. The van der Waals surface area contributed by atoms with E-state index in [0.29, 0.717) is 11.3 Å². The molecule has 6 nitrogen and oxygen atoms in total. The van der Waals surface area contributed by atoms with Crippen LogP contribution in [0.5, 0.6) is 0 Å². The van der Waals surface area contributed by atoms with Gasteiger partial charge in [-0.15, -0.1) is 0 Å². The van der Waals surface area contributed by atoms with E-state index < -0.39 is 0 Å². The smallest absolute Gasteiger partial charge is 0.175 e. The molecule has 1 heterocycles. The quantitative estimate of drug-likeness (QED) is 0.308. The average Bonchev–Trinajstić information content (AvgIpc) is 2.71. The highest BCUT2D eigenvalue weighted by atomic mass is 19.1. The molecule has 17 heavy (non-hydrogen) atoms. The summed E-state index contributed by atoms with van der Waals surface area (Å²) in [4.78, 5) is 0. The minimum Gasteiger partial charge on any atom is -0.409 e. The summed E-state index contributed by atoms with van der Waals surface area (Å²) in [5.74, 6) is -0.265. The number of hydrogen-bond donors (Lipinski definition) is 3. The van der Waals surface area contributed by atoms with Gasteiger partial charge in [-0.3, -0.25) is 0 Å². The number of rotatable bonds is 2. The van der Waals surface area contributed by atoms with Crippen LogP contribution in [0.25, 0.3) is 5.69 Å². The number of aromatic nitrogens is 2. The van der Waals surface area contributed by atoms with Crippen molar-refractivity contribution >= 4 is 11.7 Å². The highest BCUT2D eigenvalue weighted by Crippen LogP contribution is 2.17. The van der Waals surface area contributed by atoms with Gasteiger partial charge >= 0.3 is 0 Å². The lowest BCUT2D eigenvalue weighted by atomic mass is 10.3. The van der Waals surface area contributed by atoms with E-state index in [0.717, 1.165) is 0 Å². The summed E-state index contributed by atoms with van der Waals surface area (Å²) in [7, 11) is 0. The fourth-order valence-electron chi connectivity index (χ4n) is 1.40. The number of hydrogen-bond acceptors (Lipinski definition) is 4. The van der Waals surface area contributed by atoms with E-state index >= 15 is 0 Å². The Morgan fingerprint density at radius 2 is 2.00 bits per heavy atom. The molecule has 0 aliphatic carbocycles. The molecule has 0 aliphatic rings. The molecule has 2 aromatic rings. The minimum atomic E-state index is -0.351. The SMILES string of the molecule is N/C(=N\O)c1cnn(-c2ccc(F)cc2)c1N. The Labute approximate surface area is 95.9 Å².